The van der Waals surface area contributed by atoms with Crippen LogP contribution in [0.5, 0.6) is 0 Å². The Morgan fingerprint density at radius 1 is 0.286 bits per heavy atom. The molecule has 3 aliphatic carbocycles. The molecule has 5 atom stereocenters. The minimum Gasteiger partial charge on any atom is -0.0651 e. The van der Waals surface area contributed by atoms with E-state index in [0.717, 1.165) is 65.1 Å². The van der Waals surface area contributed by atoms with Crippen molar-refractivity contribution in [2.45, 2.75) is 491 Å². The van der Waals surface area contributed by atoms with E-state index in [1.165, 1.54) is 96.3 Å². The third-order valence-electron chi connectivity index (χ3n) is 29.5. The Balaban J connectivity index is -0.000000152. The molecule has 0 spiro atoms. The quantitative estimate of drug-likeness (QED) is 0.249. The summed E-state index contributed by atoms with van der Waals surface area (Å²) in [5, 5.41) is 0. The highest BCUT2D eigenvalue weighted by molar-refractivity contribution is 4.92. The van der Waals surface area contributed by atoms with Crippen LogP contribution < -0.4 is 0 Å². The van der Waals surface area contributed by atoms with Crippen molar-refractivity contribution in [1.29, 1.82) is 0 Å². The molecule has 0 heteroatoms. The van der Waals surface area contributed by atoms with Gasteiger partial charge in [-0.25, -0.2) is 0 Å². The zero-order chi connectivity index (χ0) is 81.5. The fourth-order valence-electron chi connectivity index (χ4n) is 10.3. The van der Waals surface area contributed by atoms with Crippen molar-refractivity contribution in [3.63, 3.8) is 0 Å². The second-order valence-corrected chi connectivity index (χ2v) is 48.3. The topological polar surface area (TPSA) is 0 Å². The predicted octanol–water partition coefficient (Wildman–Crippen LogP) is 36.5. The molecule has 0 aliphatic heterocycles. The van der Waals surface area contributed by atoms with Crippen molar-refractivity contribution >= 4 is 0 Å². The molecule has 3 saturated carbocycles. The summed E-state index contributed by atoms with van der Waals surface area (Å²) >= 11 is 0. The Morgan fingerprint density at radius 2 is 0.561 bits per heavy atom. The van der Waals surface area contributed by atoms with Gasteiger partial charge in [0.15, 0.2) is 0 Å². The van der Waals surface area contributed by atoms with Crippen LogP contribution in [0, 0.1) is 146 Å². The van der Waals surface area contributed by atoms with E-state index in [-0.39, 0.29) is 0 Å². The lowest BCUT2D eigenvalue weighted by atomic mass is 9.56. The van der Waals surface area contributed by atoms with Crippen LogP contribution in [0.2, 0.25) is 0 Å². The van der Waals surface area contributed by atoms with Crippen molar-refractivity contribution in [2.75, 3.05) is 0 Å². The van der Waals surface area contributed by atoms with Gasteiger partial charge < -0.3 is 0 Å². The highest BCUT2D eigenvalue weighted by atomic mass is 14.5. The Bertz CT molecular complexity index is 1720. The van der Waals surface area contributed by atoms with Gasteiger partial charge in [0.05, 0.1) is 0 Å². The van der Waals surface area contributed by atoms with Gasteiger partial charge in [-0.1, -0.05) is 485 Å². The van der Waals surface area contributed by atoms with Gasteiger partial charge in [0.1, 0.15) is 0 Å². The molecule has 0 heterocycles. The summed E-state index contributed by atoms with van der Waals surface area (Å²) in [6.45, 7) is 132. The van der Waals surface area contributed by atoms with E-state index in [4.69, 9.17) is 0 Å². The van der Waals surface area contributed by atoms with E-state index in [2.05, 4.69) is 395 Å². The zero-order valence-corrected chi connectivity index (χ0v) is 81.5. The molecule has 0 aromatic rings. The number of hydrogen-bond donors (Lipinski definition) is 0. The molecule has 0 amide bonds. The van der Waals surface area contributed by atoms with Crippen LogP contribution in [0.25, 0.3) is 0 Å². The summed E-state index contributed by atoms with van der Waals surface area (Å²) < 4.78 is 0. The molecule has 0 bridgehead atoms. The maximum Gasteiger partial charge on any atom is -0.0257 e. The van der Waals surface area contributed by atoms with Crippen LogP contribution in [0.15, 0.2) is 0 Å². The van der Waals surface area contributed by atoms with Gasteiger partial charge in [-0.05, 0) is 153 Å². The Labute approximate surface area is 633 Å². The summed E-state index contributed by atoms with van der Waals surface area (Å²) in [5.41, 5.74) is 6.53. The van der Waals surface area contributed by atoms with Crippen LogP contribution in [0.3, 0.4) is 0 Å². The first-order valence-electron chi connectivity index (χ1n) is 42.4. The fraction of sp³-hybridized carbons (Fsp3) is 1.00. The first-order valence-corrected chi connectivity index (χ1v) is 42.4. The average Bonchev–Trinajstić information content (AvgIpc) is 0.808. The van der Waals surface area contributed by atoms with Crippen molar-refractivity contribution in [3.8, 4) is 0 Å². The molecule has 0 N–H and O–H groups in total. The van der Waals surface area contributed by atoms with Gasteiger partial charge in [-0.15, -0.1) is 0 Å². The normalized spacial score (nSPS) is 19.4. The van der Waals surface area contributed by atoms with Gasteiger partial charge in [-0.2, -0.15) is 0 Å². The minimum absolute atomic E-state index is 0.375. The van der Waals surface area contributed by atoms with E-state index < -0.39 is 0 Å². The van der Waals surface area contributed by atoms with Gasteiger partial charge in [0.2, 0.25) is 0 Å². The average molecular weight is 1390 g/mol. The molecule has 2 unspecified atom stereocenters. The van der Waals surface area contributed by atoms with Crippen LogP contribution in [-0.4, -0.2) is 0 Å². The highest BCUT2D eigenvalue weighted by Crippen LogP contribution is 2.51. The van der Waals surface area contributed by atoms with E-state index in [0.29, 0.717) is 81.2 Å². The SMILES string of the molecule is CC(C(C)(C)C)C(C)(C)C.CC(C)(C)C(C)(C)C.CC(C)(C)C(C)(C)C.CC(C)(C)C(C)(C)C(C)(C)C.CC(C)C(C)(C)C(C)(C)C.CC(C)C(C)(C)C(C)C.CC(C)[C@@H](C)C(C)(C)C.CC1CCCC[C@H]1C.CC1CCC[C@@H](C)C1.CCC(C)(C)C(C)(C)C.CCC1CCCCC1. The number of rotatable bonds is 6. The highest BCUT2D eigenvalue weighted by Gasteiger charge is 2.42. The monoisotopic (exact) mass is 1390 g/mol. The summed E-state index contributed by atoms with van der Waals surface area (Å²) in [4.78, 5) is 0. The second kappa shape index (κ2) is 46.9. The molecule has 0 nitrogen and oxygen atoms in total. The van der Waals surface area contributed by atoms with Gasteiger partial charge in [0.25, 0.3) is 0 Å². The van der Waals surface area contributed by atoms with Crippen molar-refractivity contribution < 1.29 is 0 Å². The van der Waals surface area contributed by atoms with Crippen LogP contribution in [0.4, 0.5) is 0 Å². The van der Waals surface area contributed by atoms with E-state index in [1.807, 2.05) is 0 Å². The Kier molecular flexibility index (Phi) is 54.5. The zero-order valence-electron chi connectivity index (χ0n) is 81.5. The van der Waals surface area contributed by atoms with Crippen LogP contribution >= 0.6 is 0 Å². The molecule has 604 valence electrons. The third-order valence-corrected chi connectivity index (χ3v) is 29.5. The lowest BCUT2D eigenvalue weighted by Crippen LogP contribution is -2.41. The lowest BCUT2D eigenvalue weighted by Gasteiger charge is -2.49. The van der Waals surface area contributed by atoms with E-state index in [9.17, 15) is 0 Å². The third kappa shape index (κ3) is 52.9. The van der Waals surface area contributed by atoms with E-state index >= 15 is 0 Å². The predicted molar refractivity (Wildman–Crippen MR) is 468 cm³/mol. The Hall–Kier alpha value is 0. The van der Waals surface area contributed by atoms with Gasteiger partial charge >= 0.3 is 0 Å². The minimum atomic E-state index is 0.375. The van der Waals surface area contributed by atoms with Crippen molar-refractivity contribution in [3.05, 3.63) is 0 Å². The summed E-state index contributed by atoms with van der Waals surface area (Å²) in [6, 6.07) is 0. The maximum absolute atomic E-state index is 2.38. The van der Waals surface area contributed by atoms with Crippen molar-refractivity contribution in [1.82, 2.24) is 0 Å². The van der Waals surface area contributed by atoms with E-state index in [1.54, 1.807) is 0 Å². The molecular formula is C98H212. The molecule has 0 radical (unpaired) electrons. The van der Waals surface area contributed by atoms with Crippen LogP contribution in [-0.2, 0) is 0 Å². The first-order chi connectivity index (χ1) is 42.4. The molecular weight excluding hydrogens is 1180 g/mol. The number of hydrogen-bond acceptors (Lipinski definition) is 0. The molecule has 3 rings (SSSR count). The van der Waals surface area contributed by atoms with Crippen molar-refractivity contribution in [2.24, 2.45) is 146 Å². The first kappa shape index (κ1) is 114. The molecule has 98 heavy (non-hydrogen) atoms. The largest absolute Gasteiger partial charge is 0.0651 e. The molecule has 0 aromatic carbocycles. The molecule has 3 aliphatic rings. The summed E-state index contributed by atoms with van der Waals surface area (Å²) in [7, 11) is 0. The fourth-order valence-corrected chi connectivity index (χ4v) is 10.3. The molecule has 3 fully saturated rings. The van der Waals surface area contributed by atoms with Gasteiger partial charge in [0, 0.05) is 0 Å². The Morgan fingerprint density at radius 3 is 0.633 bits per heavy atom. The smallest absolute Gasteiger partial charge is 0.0257 e. The van der Waals surface area contributed by atoms with Gasteiger partial charge in [-0.3, -0.25) is 0 Å². The van der Waals surface area contributed by atoms with Crippen LogP contribution in [0.1, 0.15) is 491 Å². The summed E-state index contributed by atoms with van der Waals surface area (Å²) in [6.07, 6.45) is 22.0. The standard InChI is InChI=1S/C11H24.2C10H22.3C9H20.3C8H16.2C8H18/c1-9(2,3)11(7,8)10(4,5)6;1-8(9(2,3)4)10(5,6)7;1-8(2)10(6,7)9(3,4)5;1-7-9(5,6)8(2,3)4;1-7(2)8(3)9(4,5)6;1-7(2)9(5,6)8(3)4;1-7-4-3-5-8(2)6-7;1-7-5-3-4-6-8(7)2;1-2-8-6-4-3-5-7-8;2*1-7(2,3)8(4,5)6/h1-8H3;2*8H,1-7H3;7H2,1-6H3;2*7-8H,1-6H3;2*7-8H,3-6H2,1-2H3;8H,2-7H2,1H3;2*1-6H3/t;;;;8-;;2*7-,8?;;;/m....1.11.../s1. The second-order valence-electron chi connectivity index (χ2n) is 48.3. The molecule has 0 aromatic heterocycles. The summed E-state index contributed by atoms with van der Waals surface area (Å²) in [5.74, 6) is 9.85. The maximum atomic E-state index is 2.38. The molecule has 0 saturated heterocycles. The lowest BCUT2D eigenvalue weighted by molar-refractivity contribution is 0.00575.